The third-order valence-electron chi connectivity index (χ3n) is 3.71. The highest BCUT2D eigenvalue weighted by atomic mass is 16.5. The molecule has 1 unspecified atom stereocenters. The molecule has 0 amide bonds. The molecule has 2 nitrogen and oxygen atoms in total. The summed E-state index contributed by atoms with van der Waals surface area (Å²) in [5.74, 6) is 0.966. The first-order valence-electron chi connectivity index (χ1n) is 6.95. The Morgan fingerprint density at radius 2 is 1.78 bits per heavy atom. The third kappa shape index (κ3) is 4.02. The van der Waals surface area contributed by atoms with Crippen LogP contribution in [0.5, 0.6) is 5.75 Å². The fourth-order valence-corrected chi connectivity index (χ4v) is 1.88. The molecule has 2 heteroatoms. The maximum atomic E-state index is 5.94. The van der Waals surface area contributed by atoms with Crippen molar-refractivity contribution in [2.45, 2.75) is 52.1 Å². The summed E-state index contributed by atoms with van der Waals surface area (Å²) in [6.45, 7) is 9.82. The molecular weight excluding hydrogens is 222 g/mol. The molecule has 0 fully saturated rings. The lowest BCUT2D eigenvalue weighted by Crippen LogP contribution is -2.28. The van der Waals surface area contributed by atoms with Crippen molar-refractivity contribution in [3.8, 4) is 5.75 Å². The lowest BCUT2D eigenvalue weighted by molar-refractivity contribution is 0.196. The van der Waals surface area contributed by atoms with Gasteiger partial charge in [-0.1, -0.05) is 39.8 Å². The van der Waals surface area contributed by atoms with Crippen molar-refractivity contribution in [3.63, 3.8) is 0 Å². The molecule has 18 heavy (non-hydrogen) atoms. The SMILES string of the molecule is CCC(CNC)Oc1ccc(C(C)(C)CC)cc1. The first-order chi connectivity index (χ1) is 8.53. The van der Waals surface area contributed by atoms with Crippen LogP contribution in [0.25, 0.3) is 0 Å². The van der Waals surface area contributed by atoms with E-state index in [0.29, 0.717) is 0 Å². The second-order valence-electron chi connectivity index (χ2n) is 5.47. The Morgan fingerprint density at radius 3 is 2.22 bits per heavy atom. The Kier molecular flexibility index (Phi) is 5.67. The minimum atomic E-state index is 0.244. The summed E-state index contributed by atoms with van der Waals surface area (Å²) in [5, 5.41) is 3.16. The highest BCUT2D eigenvalue weighted by molar-refractivity contribution is 5.31. The van der Waals surface area contributed by atoms with Crippen LogP contribution in [-0.2, 0) is 5.41 Å². The maximum absolute atomic E-state index is 5.94. The summed E-state index contributed by atoms with van der Waals surface area (Å²) in [6.07, 6.45) is 2.41. The van der Waals surface area contributed by atoms with E-state index in [-0.39, 0.29) is 11.5 Å². The van der Waals surface area contributed by atoms with Gasteiger partial charge in [-0.25, -0.2) is 0 Å². The first-order valence-corrected chi connectivity index (χ1v) is 6.95. The van der Waals surface area contributed by atoms with E-state index in [1.54, 1.807) is 0 Å². The number of hydrogen-bond donors (Lipinski definition) is 1. The van der Waals surface area contributed by atoms with E-state index >= 15 is 0 Å². The molecule has 1 rings (SSSR count). The molecule has 0 radical (unpaired) electrons. The summed E-state index contributed by atoms with van der Waals surface area (Å²) in [5.41, 5.74) is 1.62. The van der Waals surface area contributed by atoms with Crippen LogP contribution in [0.4, 0.5) is 0 Å². The maximum Gasteiger partial charge on any atom is 0.119 e. The zero-order valence-electron chi connectivity index (χ0n) is 12.4. The Hall–Kier alpha value is -1.02. The quantitative estimate of drug-likeness (QED) is 0.794. The first kappa shape index (κ1) is 15.0. The summed E-state index contributed by atoms with van der Waals surface area (Å²) in [4.78, 5) is 0. The lowest BCUT2D eigenvalue weighted by atomic mass is 9.82. The van der Waals surface area contributed by atoms with Crippen molar-refractivity contribution in [2.24, 2.45) is 0 Å². The van der Waals surface area contributed by atoms with Crippen molar-refractivity contribution in [1.82, 2.24) is 5.32 Å². The molecule has 1 aromatic rings. The van der Waals surface area contributed by atoms with Gasteiger partial charge < -0.3 is 10.1 Å². The molecule has 0 bridgehead atoms. The Balaban J connectivity index is 2.71. The van der Waals surface area contributed by atoms with Crippen LogP contribution < -0.4 is 10.1 Å². The molecule has 1 aromatic carbocycles. The number of likely N-dealkylation sites (N-methyl/N-ethyl adjacent to an activating group) is 1. The van der Waals surface area contributed by atoms with Crippen LogP contribution in [0, 0.1) is 0 Å². The van der Waals surface area contributed by atoms with Crippen molar-refractivity contribution >= 4 is 0 Å². The number of hydrogen-bond acceptors (Lipinski definition) is 2. The molecule has 0 aliphatic rings. The van der Waals surface area contributed by atoms with E-state index in [0.717, 1.165) is 25.1 Å². The van der Waals surface area contributed by atoms with Crippen LogP contribution in [0.1, 0.15) is 46.1 Å². The summed E-state index contributed by atoms with van der Waals surface area (Å²) in [7, 11) is 1.96. The molecule has 0 saturated carbocycles. The predicted octanol–water partition coefficient (Wildman–Crippen LogP) is 3.75. The zero-order chi connectivity index (χ0) is 13.6. The van der Waals surface area contributed by atoms with E-state index in [2.05, 4.69) is 57.3 Å². The van der Waals surface area contributed by atoms with Gasteiger partial charge in [0.1, 0.15) is 11.9 Å². The number of benzene rings is 1. The zero-order valence-corrected chi connectivity index (χ0v) is 12.4. The number of ether oxygens (including phenoxy) is 1. The smallest absolute Gasteiger partial charge is 0.119 e. The number of nitrogens with one attached hydrogen (secondary N) is 1. The average molecular weight is 249 g/mol. The summed E-state index contributed by atoms with van der Waals surface area (Å²) >= 11 is 0. The fourth-order valence-electron chi connectivity index (χ4n) is 1.88. The second-order valence-corrected chi connectivity index (χ2v) is 5.47. The predicted molar refractivity (Wildman–Crippen MR) is 78.4 cm³/mol. The van der Waals surface area contributed by atoms with Crippen LogP contribution in [0.3, 0.4) is 0 Å². The minimum Gasteiger partial charge on any atom is -0.489 e. The molecular formula is C16H27NO. The molecule has 0 aliphatic carbocycles. The molecule has 0 heterocycles. The van der Waals surface area contributed by atoms with Crippen LogP contribution in [0.15, 0.2) is 24.3 Å². The minimum absolute atomic E-state index is 0.244. The van der Waals surface area contributed by atoms with Gasteiger partial charge in [-0.3, -0.25) is 0 Å². The van der Waals surface area contributed by atoms with Crippen molar-refractivity contribution in [1.29, 1.82) is 0 Å². The van der Waals surface area contributed by atoms with E-state index in [1.807, 2.05) is 7.05 Å². The number of rotatable bonds is 7. The van der Waals surface area contributed by atoms with Crippen molar-refractivity contribution in [3.05, 3.63) is 29.8 Å². The van der Waals surface area contributed by atoms with Crippen molar-refractivity contribution < 1.29 is 4.74 Å². The molecule has 0 spiro atoms. The summed E-state index contributed by atoms with van der Waals surface area (Å²) in [6, 6.07) is 8.55. The second kappa shape index (κ2) is 6.79. The van der Waals surface area contributed by atoms with Gasteiger partial charge in [0, 0.05) is 6.54 Å². The fraction of sp³-hybridized carbons (Fsp3) is 0.625. The Labute approximate surface area is 112 Å². The normalized spacial score (nSPS) is 13.4. The molecule has 1 N–H and O–H groups in total. The van der Waals surface area contributed by atoms with Gasteiger partial charge >= 0.3 is 0 Å². The van der Waals surface area contributed by atoms with Gasteiger partial charge in [0.2, 0.25) is 0 Å². The monoisotopic (exact) mass is 249 g/mol. The molecule has 1 atom stereocenters. The highest BCUT2D eigenvalue weighted by Gasteiger charge is 2.17. The van der Waals surface area contributed by atoms with Gasteiger partial charge in [0.15, 0.2) is 0 Å². The van der Waals surface area contributed by atoms with Crippen molar-refractivity contribution in [2.75, 3.05) is 13.6 Å². The third-order valence-corrected chi connectivity index (χ3v) is 3.71. The van der Waals surface area contributed by atoms with E-state index in [9.17, 15) is 0 Å². The van der Waals surface area contributed by atoms with Crippen LogP contribution in [0.2, 0.25) is 0 Å². The van der Waals surface area contributed by atoms with Gasteiger partial charge in [-0.2, -0.15) is 0 Å². The molecule has 0 aliphatic heterocycles. The average Bonchev–Trinajstić information content (AvgIpc) is 2.39. The molecule has 0 saturated heterocycles. The Bertz CT molecular complexity index is 343. The lowest BCUT2D eigenvalue weighted by Gasteiger charge is -2.24. The van der Waals surface area contributed by atoms with Gasteiger partial charge in [-0.05, 0) is 43.0 Å². The summed E-state index contributed by atoms with van der Waals surface area (Å²) < 4.78 is 5.94. The highest BCUT2D eigenvalue weighted by Crippen LogP contribution is 2.28. The van der Waals surface area contributed by atoms with E-state index in [1.165, 1.54) is 5.56 Å². The van der Waals surface area contributed by atoms with Crippen LogP contribution >= 0.6 is 0 Å². The van der Waals surface area contributed by atoms with E-state index < -0.39 is 0 Å². The topological polar surface area (TPSA) is 21.3 Å². The van der Waals surface area contributed by atoms with Crippen LogP contribution in [-0.4, -0.2) is 19.7 Å². The molecule has 0 aromatic heterocycles. The largest absolute Gasteiger partial charge is 0.489 e. The van der Waals surface area contributed by atoms with Gasteiger partial charge in [0.05, 0.1) is 0 Å². The Morgan fingerprint density at radius 1 is 1.17 bits per heavy atom. The van der Waals surface area contributed by atoms with Gasteiger partial charge in [-0.15, -0.1) is 0 Å². The van der Waals surface area contributed by atoms with Gasteiger partial charge in [0.25, 0.3) is 0 Å². The van der Waals surface area contributed by atoms with E-state index in [4.69, 9.17) is 4.74 Å². The molecule has 102 valence electrons. The standard InChI is InChI=1S/C16H27NO/c1-6-14(12-17-5)18-15-10-8-13(9-11-15)16(3,4)7-2/h8-11,14,17H,6-7,12H2,1-5H3.